The number of hydrogen-bond acceptors (Lipinski definition) is 5. The van der Waals surface area contributed by atoms with E-state index < -0.39 is 0 Å². The van der Waals surface area contributed by atoms with Crippen molar-refractivity contribution in [1.82, 2.24) is 5.01 Å². The first-order valence-corrected chi connectivity index (χ1v) is 9.98. The summed E-state index contributed by atoms with van der Waals surface area (Å²) in [5, 5.41) is 25.0. The number of carbonyl (C=O) groups is 2. The Kier molecular flexibility index (Phi) is 3.44. The van der Waals surface area contributed by atoms with E-state index >= 15 is 0 Å². The predicted molar refractivity (Wildman–Crippen MR) is 99.3 cm³/mol. The summed E-state index contributed by atoms with van der Waals surface area (Å²) in [6.45, 7) is 0. The van der Waals surface area contributed by atoms with Crippen LogP contribution in [0.1, 0.15) is 12.0 Å². The van der Waals surface area contributed by atoms with E-state index in [1.54, 1.807) is 0 Å². The number of phenolic OH excluding ortho intramolecular Hbond substituents is 2. The normalized spacial score (nSPS) is 36.8. The van der Waals surface area contributed by atoms with Gasteiger partial charge in [0, 0.05) is 5.56 Å². The number of hydrogen-bond donors (Lipinski definition) is 2. The predicted octanol–water partition coefficient (Wildman–Crippen LogP) is 3.01. The van der Waals surface area contributed by atoms with Gasteiger partial charge in [-0.25, -0.2) is 0 Å². The van der Waals surface area contributed by atoms with Gasteiger partial charge in [-0.1, -0.05) is 12.2 Å². The molecule has 1 saturated heterocycles. The molecule has 26 heavy (non-hydrogen) atoms. The van der Waals surface area contributed by atoms with Gasteiger partial charge in [0.05, 0.1) is 22.5 Å². The van der Waals surface area contributed by atoms with Crippen LogP contribution >= 0.6 is 31.9 Å². The second-order valence-corrected chi connectivity index (χ2v) is 8.99. The Morgan fingerprint density at radius 2 is 1.62 bits per heavy atom. The lowest BCUT2D eigenvalue weighted by Crippen LogP contribution is -2.40. The molecule has 2 bridgehead atoms. The standard InChI is InChI=1S/C18H14Br2N2O4/c19-11-3-6(15(23)14(20)16(11)24)5-21-22-17(25)12-7-1-2-8(10-4-9(7)10)13(12)18(22)26/h1-3,5,7-10,12-13,23-24H,4H2/b21-5-/t7-,8-,9-,10+,12+,13+/m0/s1. The zero-order chi connectivity index (χ0) is 18.3. The highest BCUT2D eigenvalue weighted by Crippen LogP contribution is 2.65. The third-order valence-electron chi connectivity index (χ3n) is 6.15. The van der Waals surface area contributed by atoms with Crippen LogP contribution in [0.15, 0.2) is 32.3 Å². The van der Waals surface area contributed by atoms with Crippen LogP contribution in [-0.4, -0.2) is 33.3 Å². The van der Waals surface area contributed by atoms with Crippen LogP contribution in [0.4, 0.5) is 0 Å². The van der Waals surface area contributed by atoms with Crippen molar-refractivity contribution in [3.63, 3.8) is 0 Å². The van der Waals surface area contributed by atoms with Crippen molar-refractivity contribution in [2.24, 2.45) is 40.6 Å². The Morgan fingerprint density at radius 3 is 2.19 bits per heavy atom. The molecule has 1 aromatic carbocycles. The third-order valence-corrected chi connectivity index (χ3v) is 7.51. The molecule has 0 unspecified atom stereocenters. The zero-order valence-corrected chi connectivity index (χ0v) is 16.5. The summed E-state index contributed by atoms with van der Waals surface area (Å²) in [6, 6.07) is 1.47. The lowest BCUT2D eigenvalue weighted by Gasteiger charge is -2.37. The molecule has 0 radical (unpaired) electrons. The van der Waals surface area contributed by atoms with Crippen molar-refractivity contribution in [2.45, 2.75) is 6.42 Å². The van der Waals surface area contributed by atoms with Crippen molar-refractivity contribution in [3.8, 4) is 11.5 Å². The molecule has 6 rings (SSSR count). The number of amides is 2. The number of allylic oxidation sites excluding steroid dienone is 2. The summed E-state index contributed by atoms with van der Waals surface area (Å²) in [4.78, 5) is 25.7. The van der Waals surface area contributed by atoms with Crippen LogP contribution in [0.2, 0.25) is 0 Å². The molecule has 3 fully saturated rings. The Bertz CT molecular complexity index is 892. The van der Waals surface area contributed by atoms with E-state index in [-0.39, 0.29) is 57.0 Å². The molecule has 1 aromatic rings. The fourth-order valence-corrected chi connectivity index (χ4v) is 6.04. The SMILES string of the molecule is O=C1[C@@H]2[C@H]3C=C[C@@H]([C@@H]4C[C@H]34)[C@H]2C(=O)N1/N=C\c1cc(Br)c(O)c(Br)c1O. The van der Waals surface area contributed by atoms with Gasteiger partial charge in [-0.15, -0.1) is 0 Å². The summed E-state index contributed by atoms with van der Waals surface area (Å²) < 4.78 is 0.474. The quantitative estimate of drug-likeness (QED) is 0.386. The molecule has 0 spiro atoms. The summed E-state index contributed by atoms with van der Waals surface area (Å²) in [7, 11) is 0. The van der Waals surface area contributed by atoms with Crippen molar-refractivity contribution >= 4 is 49.9 Å². The maximum atomic E-state index is 12.8. The van der Waals surface area contributed by atoms with E-state index in [4.69, 9.17) is 0 Å². The minimum absolute atomic E-state index is 0.114. The average molecular weight is 482 g/mol. The van der Waals surface area contributed by atoms with E-state index in [0.717, 1.165) is 11.4 Å². The lowest BCUT2D eigenvalue weighted by molar-refractivity contribution is -0.140. The highest BCUT2D eigenvalue weighted by atomic mass is 79.9. The van der Waals surface area contributed by atoms with Gasteiger partial charge in [-0.2, -0.15) is 10.1 Å². The second kappa shape index (κ2) is 5.42. The molecule has 8 heteroatoms. The first kappa shape index (κ1) is 16.5. The number of carbonyl (C=O) groups excluding carboxylic acids is 2. The number of halogens is 2. The number of benzene rings is 1. The number of phenols is 2. The van der Waals surface area contributed by atoms with Gasteiger partial charge in [0.25, 0.3) is 11.8 Å². The number of imide groups is 1. The lowest BCUT2D eigenvalue weighted by atomic mass is 9.63. The molecule has 2 saturated carbocycles. The van der Waals surface area contributed by atoms with E-state index in [0.29, 0.717) is 16.3 Å². The third kappa shape index (κ3) is 2.05. The van der Waals surface area contributed by atoms with Gasteiger partial charge in [0.2, 0.25) is 0 Å². The van der Waals surface area contributed by atoms with E-state index in [9.17, 15) is 19.8 Å². The van der Waals surface area contributed by atoms with Gasteiger partial charge < -0.3 is 10.2 Å². The molecular weight excluding hydrogens is 468 g/mol. The second-order valence-electron chi connectivity index (χ2n) is 7.35. The van der Waals surface area contributed by atoms with Gasteiger partial charge in [-0.05, 0) is 68.0 Å². The summed E-state index contributed by atoms with van der Waals surface area (Å²) in [5.74, 6) is -0.0749. The van der Waals surface area contributed by atoms with Gasteiger partial charge in [0.1, 0.15) is 16.0 Å². The number of nitrogens with zero attached hydrogens (tertiary/aromatic N) is 2. The van der Waals surface area contributed by atoms with Crippen LogP contribution in [0, 0.1) is 35.5 Å². The molecule has 134 valence electrons. The van der Waals surface area contributed by atoms with Crippen LogP contribution < -0.4 is 0 Å². The van der Waals surface area contributed by atoms with Crippen molar-refractivity contribution in [1.29, 1.82) is 0 Å². The molecule has 1 heterocycles. The molecule has 5 aliphatic rings. The Morgan fingerprint density at radius 1 is 1.04 bits per heavy atom. The maximum absolute atomic E-state index is 12.8. The summed E-state index contributed by atoms with van der Waals surface area (Å²) >= 11 is 6.28. The highest BCUT2D eigenvalue weighted by Gasteiger charge is 2.67. The zero-order valence-electron chi connectivity index (χ0n) is 13.3. The monoisotopic (exact) mass is 480 g/mol. The smallest absolute Gasteiger partial charge is 0.254 e. The van der Waals surface area contributed by atoms with Gasteiger partial charge in [-0.3, -0.25) is 9.59 Å². The van der Waals surface area contributed by atoms with Crippen molar-refractivity contribution < 1.29 is 19.8 Å². The molecule has 2 N–H and O–H groups in total. The first-order valence-electron chi connectivity index (χ1n) is 8.40. The number of hydrazone groups is 1. The molecule has 6 nitrogen and oxygen atoms in total. The summed E-state index contributed by atoms with van der Waals surface area (Å²) in [6.07, 6.45) is 6.60. The van der Waals surface area contributed by atoms with E-state index in [1.165, 1.54) is 12.3 Å². The Hall–Kier alpha value is -1.67. The molecule has 6 atom stereocenters. The van der Waals surface area contributed by atoms with Crippen molar-refractivity contribution in [3.05, 3.63) is 32.7 Å². The fraction of sp³-hybridized carbons (Fsp3) is 0.389. The van der Waals surface area contributed by atoms with Crippen molar-refractivity contribution in [2.75, 3.05) is 0 Å². The van der Waals surface area contributed by atoms with Crippen LogP contribution in [0.5, 0.6) is 11.5 Å². The van der Waals surface area contributed by atoms with Crippen LogP contribution in [-0.2, 0) is 9.59 Å². The summed E-state index contributed by atoms with van der Waals surface area (Å²) in [5.41, 5.74) is 0.279. The van der Waals surface area contributed by atoms with Crippen LogP contribution in [0.3, 0.4) is 0 Å². The van der Waals surface area contributed by atoms with E-state index in [1.807, 2.05) is 0 Å². The molecule has 1 aliphatic heterocycles. The van der Waals surface area contributed by atoms with Gasteiger partial charge >= 0.3 is 0 Å². The topological polar surface area (TPSA) is 90.2 Å². The highest BCUT2D eigenvalue weighted by molar-refractivity contribution is 9.11. The Balaban J connectivity index is 1.47. The number of rotatable bonds is 2. The minimum Gasteiger partial charge on any atom is -0.506 e. The van der Waals surface area contributed by atoms with E-state index in [2.05, 4.69) is 49.1 Å². The molecule has 2 amide bonds. The number of aromatic hydroxyl groups is 2. The molecular formula is C18H14Br2N2O4. The minimum atomic E-state index is -0.301. The maximum Gasteiger partial charge on any atom is 0.254 e. The molecule has 0 aromatic heterocycles. The molecule has 4 aliphatic carbocycles. The van der Waals surface area contributed by atoms with Crippen LogP contribution in [0.25, 0.3) is 0 Å². The average Bonchev–Trinajstić information content (AvgIpc) is 3.41. The van der Waals surface area contributed by atoms with Gasteiger partial charge in [0.15, 0.2) is 0 Å². The first-order chi connectivity index (χ1) is 12.4. The largest absolute Gasteiger partial charge is 0.506 e. The Labute approximate surface area is 165 Å². The fourth-order valence-electron chi connectivity index (χ4n) is 4.89.